The molecule has 1 aromatic carbocycles. The van der Waals surface area contributed by atoms with Gasteiger partial charge in [0.1, 0.15) is 24.4 Å². The molecule has 1 fully saturated rings. The van der Waals surface area contributed by atoms with Crippen LogP contribution in [0, 0.1) is 10.1 Å². The average molecular weight is 738 g/mol. The van der Waals surface area contributed by atoms with Crippen LogP contribution in [0.25, 0.3) is 11.0 Å². The summed E-state index contributed by atoms with van der Waals surface area (Å²) in [7, 11) is 0. The van der Waals surface area contributed by atoms with Crippen molar-refractivity contribution in [3.05, 3.63) is 34.4 Å². The van der Waals surface area contributed by atoms with Gasteiger partial charge >= 0.3 is 5.69 Å². The van der Waals surface area contributed by atoms with Gasteiger partial charge in [0.25, 0.3) is 0 Å². The minimum atomic E-state index is -1.62. The number of nitro benzene ring substituents is 1. The van der Waals surface area contributed by atoms with E-state index in [1.54, 1.807) is 12.1 Å². The van der Waals surface area contributed by atoms with E-state index in [1.807, 2.05) is 6.08 Å². The molecule has 0 radical (unpaired) electrons. The Bertz CT molecular complexity index is 1340. The molecule has 3 rings (SSSR count). The number of nitrogens with zero attached hydrogens (tertiary/aromatic N) is 3. The Kier molecular flexibility index (Phi) is 20.0. The Morgan fingerprint density at radius 2 is 1.60 bits per heavy atom. The molecule has 2 heterocycles. The van der Waals surface area contributed by atoms with Crippen molar-refractivity contribution >= 4 is 28.3 Å². The summed E-state index contributed by atoms with van der Waals surface area (Å²) in [4.78, 5) is 23.6. The number of non-ortho nitro benzene ring substituents is 1. The van der Waals surface area contributed by atoms with E-state index >= 15 is 0 Å². The van der Waals surface area contributed by atoms with E-state index in [0.29, 0.717) is 31.5 Å². The van der Waals surface area contributed by atoms with E-state index in [9.17, 15) is 40.4 Å². The molecule has 16 heteroatoms. The van der Waals surface area contributed by atoms with Crippen molar-refractivity contribution in [2.24, 2.45) is 0 Å². The van der Waals surface area contributed by atoms with Gasteiger partial charge in [-0.25, -0.2) is 4.63 Å². The molecule has 294 valence electrons. The second kappa shape index (κ2) is 24.1. The van der Waals surface area contributed by atoms with Crippen molar-refractivity contribution in [3.8, 4) is 0 Å². The van der Waals surface area contributed by atoms with Crippen LogP contribution in [0.15, 0.2) is 28.9 Å². The summed E-state index contributed by atoms with van der Waals surface area (Å²) in [5, 5.41) is 75.6. The van der Waals surface area contributed by atoms with Gasteiger partial charge in [0.15, 0.2) is 11.8 Å². The number of carbonyl (C=O) groups excluding carboxylic acids is 1. The lowest BCUT2D eigenvalue weighted by Gasteiger charge is -2.40. The SMILES string of the molecule is CCCCCCCCCCCCC/C=C/[C@@H](O)[C@H](CO[C@@H]1O[C@H](CO)[C@H](O)[C@H](O)[C@H]1O)NC(=O)CCCCCNc1ccc([N+](=O)[O-])c2nonc12. The Balaban J connectivity index is 1.43. The molecule has 16 nitrogen and oxygen atoms in total. The number of aliphatic hydroxyl groups excluding tert-OH is 5. The Morgan fingerprint density at radius 3 is 2.27 bits per heavy atom. The van der Waals surface area contributed by atoms with E-state index in [-0.39, 0.29) is 35.7 Å². The highest BCUT2D eigenvalue weighted by Gasteiger charge is 2.44. The smallest absolute Gasteiger partial charge is 0.300 e. The zero-order chi connectivity index (χ0) is 37.7. The van der Waals surface area contributed by atoms with Crippen molar-refractivity contribution < 1.29 is 49.4 Å². The number of rotatable bonds is 27. The molecular formula is C36H59N5O11. The van der Waals surface area contributed by atoms with Crippen molar-refractivity contribution in [1.29, 1.82) is 0 Å². The lowest BCUT2D eigenvalue weighted by Crippen LogP contribution is -2.60. The highest BCUT2D eigenvalue weighted by molar-refractivity contribution is 5.93. The van der Waals surface area contributed by atoms with Crippen molar-refractivity contribution in [1.82, 2.24) is 15.6 Å². The number of nitrogens with one attached hydrogen (secondary N) is 2. The number of ether oxygens (including phenoxy) is 2. The van der Waals surface area contributed by atoms with E-state index in [1.165, 1.54) is 63.9 Å². The molecule has 1 aliphatic heterocycles. The number of nitro groups is 1. The summed E-state index contributed by atoms with van der Waals surface area (Å²) in [6.45, 7) is 1.86. The fourth-order valence-electron chi connectivity index (χ4n) is 6.16. The first-order valence-electron chi connectivity index (χ1n) is 18.9. The largest absolute Gasteiger partial charge is 0.394 e. The van der Waals surface area contributed by atoms with Crippen molar-refractivity contribution in [2.45, 2.75) is 153 Å². The van der Waals surface area contributed by atoms with Gasteiger partial charge in [-0.15, -0.1) is 0 Å². The highest BCUT2D eigenvalue weighted by atomic mass is 16.7. The zero-order valence-corrected chi connectivity index (χ0v) is 30.3. The van der Waals surface area contributed by atoms with Crippen LogP contribution >= 0.6 is 0 Å². The number of amides is 1. The number of unbranched alkanes of at least 4 members (excludes halogenated alkanes) is 13. The first-order valence-corrected chi connectivity index (χ1v) is 18.9. The monoisotopic (exact) mass is 737 g/mol. The summed E-state index contributed by atoms with van der Waals surface area (Å²) in [5.41, 5.74) is 0.668. The number of aromatic nitrogens is 2. The topological polar surface area (TPSA) is 243 Å². The van der Waals surface area contributed by atoms with Gasteiger partial charge in [-0.1, -0.05) is 89.7 Å². The van der Waals surface area contributed by atoms with Crippen LogP contribution in [-0.2, 0) is 14.3 Å². The molecule has 2 aromatic rings. The van der Waals surface area contributed by atoms with Gasteiger partial charge < -0.3 is 45.6 Å². The van der Waals surface area contributed by atoms with Crippen LogP contribution in [-0.4, -0.2) is 109 Å². The number of hydrogen-bond acceptors (Lipinski definition) is 14. The molecule has 1 aromatic heterocycles. The quantitative estimate of drug-likeness (QED) is 0.0297. The second-order valence-corrected chi connectivity index (χ2v) is 13.5. The minimum absolute atomic E-state index is 0.0582. The van der Waals surface area contributed by atoms with Gasteiger partial charge in [-0.2, -0.15) is 0 Å². The molecule has 1 saturated heterocycles. The molecule has 0 unspecified atom stereocenters. The first kappa shape index (κ1) is 43.2. The van der Waals surface area contributed by atoms with E-state index < -0.39 is 54.4 Å². The molecule has 1 aliphatic rings. The number of carbonyl (C=O) groups is 1. The predicted molar refractivity (Wildman–Crippen MR) is 193 cm³/mol. The number of aliphatic hydroxyl groups is 5. The highest BCUT2D eigenvalue weighted by Crippen LogP contribution is 2.29. The zero-order valence-electron chi connectivity index (χ0n) is 30.3. The standard InChI is InChI=1S/C36H59N5O11/c1-2-3-4-5-6-7-8-9-10-11-12-13-15-18-28(43)26(24-50-36-35(47)34(46)33(45)29(23-42)51-36)38-30(44)19-16-14-17-22-37-25-20-21-27(41(48)49)32-31(25)39-52-40-32/h15,18,20-21,26,28-29,33-37,42-43,45-47H,2-14,16-17,19,22-24H2,1H3,(H,38,44)/b18-15+/t26-,28+,29+,33-,34-,35+,36+/m0/s1. The third-order valence-corrected chi connectivity index (χ3v) is 9.34. The van der Waals surface area contributed by atoms with E-state index in [2.05, 4.69) is 32.5 Å². The minimum Gasteiger partial charge on any atom is -0.394 e. The Labute approximate surface area is 305 Å². The summed E-state index contributed by atoms with van der Waals surface area (Å²) in [6, 6.07) is 1.97. The van der Waals surface area contributed by atoms with Crippen LogP contribution < -0.4 is 10.6 Å². The molecule has 0 bridgehead atoms. The third-order valence-electron chi connectivity index (χ3n) is 9.34. The van der Waals surface area contributed by atoms with Crippen LogP contribution in [0.4, 0.5) is 11.4 Å². The summed E-state index contributed by atoms with van der Waals surface area (Å²) in [5.74, 6) is -0.320. The van der Waals surface area contributed by atoms with E-state index in [0.717, 1.165) is 19.3 Å². The maximum atomic E-state index is 12.9. The summed E-state index contributed by atoms with van der Waals surface area (Å²) in [6.07, 6.45) is 11.5. The first-order chi connectivity index (χ1) is 25.2. The van der Waals surface area contributed by atoms with Crippen LogP contribution in [0.5, 0.6) is 0 Å². The fourth-order valence-corrected chi connectivity index (χ4v) is 6.16. The average Bonchev–Trinajstić information content (AvgIpc) is 3.63. The maximum Gasteiger partial charge on any atom is 0.300 e. The predicted octanol–water partition coefficient (Wildman–Crippen LogP) is 4.02. The van der Waals surface area contributed by atoms with Crippen LogP contribution in [0.2, 0.25) is 0 Å². The molecule has 7 N–H and O–H groups in total. The number of fused-ring (bicyclic) bond motifs is 1. The Hall–Kier alpha value is -3.25. The summed E-state index contributed by atoms with van der Waals surface area (Å²) >= 11 is 0. The van der Waals surface area contributed by atoms with Gasteiger partial charge in [0.2, 0.25) is 11.4 Å². The van der Waals surface area contributed by atoms with Gasteiger partial charge in [-0.05, 0) is 42.1 Å². The molecule has 7 atom stereocenters. The normalized spacial score (nSPS) is 21.8. The van der Waals surface area contributed by atoms with Crippen molar-refractivity contribution in [2.75, 3.05) is 25.1 Å². The second-order valence-electron chi connectivity index (χ2n) is 13.5. The lowest BCUT2D eigenvalue weighted by molar-refractivity contribution is -0.383. The maximum absolute atomic E-state index is 12.9. The molecular weight excluding hydrogens is 678 g/mol. The van der Waals surface area contributed by atoms with Crippen molar-refractivity contribution in [3.63, 3.8) is 0 Å². The number of anilines is 1. The summed E-state index contributed by atoms with van der Waals surface area (Å²) < 4.78 is 15.8. The lowest BCUT2D eigenvalue weighted by atomic mass is 9.99. The van der Waals surface area contributed by atoms with Crippen LogP contribution in [0.3, 0.4) is 0 Å². The number of allylic oxidation sites excluding steroid dienone is 1. The van der Waals surface area contributed by atoms with Gasteiger partial charge in [0, 0.05) is 19.0 Å². The van der Waals surface area contributed by atoms with Crippen LogP contribution in [0.1, 0.15) is 110 Å². The Morgan fingerprint density at radius 1 is 0.942 bits per heavy atom. The van der Waals surface area contributed by atoms with Gasteiger partial charge in [0.05, 0.1) is 36.0 Å². The molecule has 1 amide bonds. The molecule has 52 heavy (non-hydrogen) atoms. The molecule has 0 saturated carbocycles. The molecule has 0 spiro atoms. The molecule has 0 aliphatic carbocycles. The third kappa shape index (κ3) is 14.3. The number of benzene rings is 1. The van der Waals surface area contributed by atoms with E-state index in [4.69, 9.17) is 9.47 Å². The number of hydrogen-bond donors (Lipinski definition) is 7. The fraction of sp³-hybridized carbons (Fsp3) is 0.750. The van der Waals surface area contributed by atoms with Gasteiger partial charge in [-0.3, -0.25) is 14.9 Å².